The Labute approximate surface area is 108 Å². The molecule has 2 aromatic carbocycles. The Morgan fingerprint density at radius 1 is 1.05 bits per heavy atom. The first-order chi connectivity index (χ1) is 8.99. The van der Waals surface area contributed by atoms with Crippen LogP contribution in [0.3, 0.4) is 0 Å². The van der Waals surface area contributed by atoms with Crippen LogP contribution in [0.2, 0.25) is 0 Å². The van der Waals surface area contributed by atoms with Crippen molar-refractivity contribution in [1.82, 2.24) is 0 Å². The summed E-state index contributed by atoms with van der Waals surface area (Å²) < 4.78 is 45.8. The number of hydrogen-bond acceptors (Lipinski definition) is 2. The third-order valence-electron chi connectivity index (χ3n) is 2.56. The van der Waals surface area contributed by atoms with Gasteiger partial charge in [-0.25, -0.2) is 4.39 Å². The molecule has 0 unspecified atom stereocenters. The maximum Gasteiger partial charge on any atom is 0.306 e. The molecule has 0 radical (unpaired) electrons. The molecule has 2 N–H and O–H groups in total. The highest BCUT2D eigenvalue weighted by atomic mass is 19.3. The largest absolute Gasteiger partial charge is 0.484 e. The predicted octanol–water partition coefficient (Wildman–Crippen LogP) is 3.58. The zero-order chi connectivity index (χ0) is 13.9. The summed E-state index contributed by atoms with van der Waals surface area (Å²) in [7, 11) is 0. The number of halogens is 3. The molecule has 0 aliphatic rings. The van der Waals surface area contributed by atoms with E-state index in [1.54, 1.807) is 6.07 Å². The average Bonchev–Trinajstić information content (AvgIpc) is 2.39. The van der Waals surface area contributed by atoms with Gasteiger partial charge in [0, 0.05) is 17.3 Å². The normalized spacial score (nSPS) is 11.3. The van der Waals surface area contributed by atoms with Gasteiger partial charge < -0.3 is 10.5 Å². The van der Waals surface area contributed by atoms with Crippen LogP contribution in [0, 0.1) is 5.82 Å². The molecule has 2 aromatic rings. The topological polar surface area (TPSA) is 35.2 Å². The van der Waals surface area contributed by atoms with Crippen LogP contribution < -0.4 is 10.5 Å². The molecule has 100 valence electrons. The summed E-state index contributed by atoms with van der Waals surface area (Å²) in [6.07, 6.45) is 0. The van der Waals surface area contributed by atoms with Crippen LogP contribution in [0.15, 0.2) is 48.5 Å². The molecule has 19 heavy (non-hydrogen) atoms. The minimum Gasteiger partial charge on any atom is -0.484 e. The van der Waals surface area contributed by atoms with E-state index < -0.39 is 18.3 Å². The van der Waals surface area contributed by atoms with Gasteiger partial charge in [0.2, 0.25) is 0 Å². The van der Waals surface area contributed by atoms with Crippen LogP contribution in [0.4, 0.5) is 18.9 Å². The second kappa shape index (κ2) is 5.22. The van der Waals surface area contributed by atoms with E-state index in [4.69, 9.17) is 10.5 Å². The summed E-state index contributed by atoms with van der Waals surface area (Å²) in [5.41, 5.74) is 5.39. The second-order valence-electron chi connectivity index (χ2n) is 4.05. The summed E-state index contributed by atoms with van der Waals surface area (Å²) in [6.45, 7) is -0.933. The minimum absolute atomic E-state index is 0.175. The number of rotatable bonds is 4. The van der Waals surface area contributed by atoms with E-state index >= 15 is 0 Å². The van der Waals surface area contributed by atoms with E-state index in [9.17, 15) is 13.2 Å². The number of ether oxygens (including phenoxy) is 1. The lowest BCUT2D eigenvalue weighted by atomic mass is 10.1. The minimum atomic E-state index is -3.19. The third-order valence-corrected chi connectivity index (χ3v) is 2.56. The summed E-state index contributed by atoms with van der Waals surface area (Å²) >= 11 is 0. The second-order valence-corrected chi connectivity index (χ2v) is 4.05. The molecule has 0 saturated carbocycles. The molecular weight excluding hydrogens is 255 g/mol. The highest BCUT2D eigenvalue weighted by Gasteiger charge is 2.32. The van der Waals surface area contributed by atoms with Crippen LogP contribution in [0.25, 0.3) is 0 Å². The number of nitrogen functional groups attached to an aromatic ring is 1. The van der Waals surface area contributed by atoms with E-state index in [0.717, 1.165) is 6.07 Å². The summed E-state index contributed by atoms with van der Waals surface area (Å²) in [6, 6.07) is 10.9. The smallest absolute Gasteiger partial charge is 0.306 e. The van der Waals surface area contributed by atoms with Gasteiger partial charge in [0.25, 0.3) is 0 Å². The maximum absolute atomic E-state index is 13.8. The number of alkyl halides is 2. The Morgan fingerprint density at radius 3 is 2.37 bits per heavy atom. The number of benzene rings is 2. The van der Waals surface area contributed by atoms with Crippen molar-refractivity contribution < 1.29 is 17.9 Å². The van der Waals surface area contributed by atoms with Crippen molar-refractivity contribution in [3.63, 3.8) is 0 Å². The highest BCUT2D eigenvalue weighted by Crippen LogP contribution is 2.29. The van der Waals surface area contributed by atoms with Gasteiger partial charge in [0.1, 0.15) is 0 Å². The number of anilines is 1. The summed E-state index contributed by atoms with van der Waals surface area (Å²) in [5.74, 6) is -4.19. The van der Waals surface area contributed by atoms with Crippen LogP contribution in [-0.4, -0.2) is 6.61 Å². The van der Waals surface area contributed by atoms with Gasteiger partial charge in [0.05, 0.1) is 0 Å². The molecule has 0 fully saturated rings. The van der Waals surface area contributed by atoms with Crippen molar-refractivity contribution >= 4 is 5.69 Å². The molecule has 0 aromatic heterocycles. The Hall–Kier alpha value is -2.17. The number of hydrogen-bond donors (Lipinski definition) is 1. The zero-order valence-electron chi connectivity index (χ0n) is 9.95. The van der Waals surface area contributed by atoms with E-state index in [2.05, 4.69) is 0 Å². The van der Waals surface area contributed by atoms with Crippen molar-refractivity contribution in [2.24, 2.45) is 0 Å². The lowest BCUT2D eigenvalue weighted by Gasteiger charge is -2.17. The van der Waals surface area contributed by atoms with Gasteiger partial charge >= 0.3 is 5.92 Å². The van der Waals surface area contributed by atoms with Gasteiger partial charge in [-0.05, 0) is 12.1 Å². The van der Waals surface area contributed by atoms with Gasteiger partial charge in [-0.3, -0.25) is 0 Å². The molecule has 0 spiro atoms. The first kappa shape index (κ1) is 13.3. The fourth-order valence-electron chi connectivity index (χ4n) is 1.57. The van der Waals surface area contributed by atoms with Crippen LogP contribution in [-0.2, 0) is 5.92 Å². The first-order valence-electron chi connectivity index (χ1n) is 5.60. The first-order valence-corrected chi connectivity index (χ1v) is 5.60. The Kier molecular flexibility index (Phi) is 3.64. The summed E-state index contributed by atoms with van der Waals surface area (Å²) in [4.78, 5) is 0. The molecule has 0 aliphatic carbocycles. The third kappa shape index (κ3) is 3.19. The fourth-order valence-corrected chi connectivity index (χ4v) is 1.57. The van der Waals surface area contributed by atoms with Crippen molar-refractivity contribution in [2.75, 3.05) is 12.3 Å². The van der Waals surface area contributed by atoms with E-state index in [1.807, 2.05) is 0 Å². The SMILES string of the molecule is Nc1ccc(OCC(F)(F)c2ccccc2)c(F)c1. The average molecular weight is 267 g/mol. The standard InChI is InChI=1S/C14H12F3NO/c15-12-8-11(18)6-7-13(12)19-9-14(16,17)10-4-2-1-3-5-10/h1-8H,9,18H2. The molecule has 5 heteroatoms. The van der Waals surface area contributed by atoms with Crippen molar-refractivity contribution in [2.45, 2.75) is 5.92 Å². The van der Waals surface area contributed by atoms with Crippen LogP contribution in [0.5, 0.6) is 5.75 Å². The van der Waals surface area contributed by atoms with Crippen molar-refractivity contribution in [3.8, 4) is 5.75 Å². The molecule has 0 saturated heterocycles. The monoisotopic (exact) mass is 267 g/mol. The number of nitrogens with two attached hydrogens (primary N) is 1. The van der Waals surface area contributed by atoms with Gasteiger partial charge in [-0.15, -0.1) is 0 Å². The van der Waals surface area contributed by atoms with Crippen LogP contribution >= 0.6 is 0 Å². The van der Waals surface area contributed by atoms with Gasteiger partial charge in [-0.1, -0.05) is 30.3 Å². The lowest BCUT2D eigenvalue weighted by molar-refractivity contribution is -0.0475. The lowest BCUT2D eigenvalue weighted by Crippen LogP contribution is -2.23. The summed E-state index contributed by atoms with van der Waals surface area (Å²) in [5, 5.41) is 0. The van der Waals surface area contributed by atoms with Gasteiger partial charge in [0.15, 0.2) is 18.2 Å². The molecular formula is C14H12F3NO. The highest BCUT2D eigenvalue weighted by molar-refractivity contribution is 5.42. The van der Waals surface area contributed by atoms with E-state index in [1.165, 1.54) is 36.4 Å². The molecule has 0 heterocycles. The predicted molar refractivity (Wildman–Crippen MR) is 66.6 cm³/mol. The van der Waals surface area contributed by atoms with E-state index in [-0.39, 0.29) is 17.0 Å². The molecule has 0 aliphatic heterocycles. The van der Waals surface area contributed by atoms with Crippen LogP contribution in [0.1, 0.15) is 5.56 Å². The Bertz CT molecular complexity index is 558. The zero-order valence-corrected chi connectivity index (χ0v) is 9.95. The van der Waals surface area contributed by atoms with Gasteiger partial charge in [-0.2, -0.15) is 8.78 Å². The van der Waals surface area contributed by atoms with Crippen molar-refractivity contribution in [3.05, 3.63) is 59.9 Å². The van der Waals surface area contributed by atoms with E-state index in [0.29, 0.717) is 0 Å². The quantitative estimate of drug-likeness (QED) is 0.859. The fraction of sp³-hybridized carbons (Fsp3) is 0.143. The Morgan fingerprint density at radius 2 is 1.74 bits per heavy atom. The maximum atomic E-state index is 13.8. The molecule has 0 bridgehead atoms. The molecule has 2 rings (SSSR count). The molecule has 0 atom stereocenters. The molecule has 2 nitrogen and oxygen atoms in total. The van der Waals surface area contributed by atoms with Crippen molar-refractivity contribution in [1.29, 1.82) is 0 Å². The Balaban J connectivity index is 2.09. The molecule has 0 amide bonds.